The van der Waals surface area contributed by atoms with Gasteiger partial charge in [0.25, 0.3) is 0 Å². The monoisotopic (exact) mass is 366 g/mol. The van der Waals surface area contributed by atoms with Gasteiger partial charge in [-0.2, -0.15) is 0 Å². The Morgan fingerprint density at radius 2 is 1.73 bits per heavy atom. The highest BCUT2D eigenvalue weighted by Crippen LogP contribution is 2.04. The van der Waals surface area contributed by atoms with E-state index in [-0.39, 0.29) is 18.8 Å². The van der Waals surface area contributed by atoms with Crippen LogP contribution < -0.4 is 10.6 Å². The Bertz CT molecular complexity index is 518. The summed E-state index contributed by atoms with van der Waals surface area (Å²) >= 11 is 0. The first kappa shape index (κ1) is 21.9. The summed E-state index contributed by atoms with van der Waals surface area (Å²) in [4.78, 5) is 23.8. The molecule has 0 aliphatic heterocycles. The molecule has 0 aromatic heterocycles. The lowest BCUT2D eigenvalue weighted by molar-refractivity contribution is -0.140. The molecule has 0 spiro atoms. The first-order valence-electron chi connectivity index (χ1n) is 9.04. The van der Waals surface area contributed by atoms with E-state index >= 15 is 0 Å². The van der Waals surface area contributed by atoms with Crippen molar-refractivity contribution >= 4 is 12.0 Å². The van der Waals surface area contributed by atoms with E-state index in [1.165, 1.54) is 0 Å². The van der Waals surface area contributed by atoms with Gasteiger partial charge in [0.15, 0.2) is 6.29 Å². The van der Waals surface area contributed by atoms with Crippen molar-refractivity contribution in [2.45, 2.75) is 52.6 Å². The first-order chi connectivity index (χ1) is 12.6. The molecule has 2 N–H and O–H groups in total. The Kier molecular flexibility index (Phi) is 11.1. The Hall–Kier alpha value is -2.12. The molecule has 1 aromatic rings. The minimum atomic E-state index is -0.673. The van der Waals surface area contributed by atoms with Crippen LogP contribution in [-0.4, -0.2) is 44.1 Å². The van der Waals surface area contributed by atoms with Crippen LogP contribution in [0.25, 0.3) is 0 Å². The maximum absolute atomic E-state index is 12.0. The van der Waals surface area contributed by atoms with Crippen molar-refractivity contribution in [1.29, 1.82) is 0 Å². The minimum absolute atomic E-state index is 0.164. The van der Waals surface area contributed by atoms with Crippen molar-refractivity contribution in [1.82, 2.24) is 10.6 Å². The van der Waals surface area contributed by atoms with Crippen LogP contribution in [0.3, 0.4) is 0 Å². The lowest BCUT2D eigenvalue weighted by Gasteiger charge is -2.17. The highest BCUT2D eigenvalue weighted by molar-refractivity contribution is 5.85. The standard InChI is InChI=1S/C19H30N2O5/c1-4-24-17(25-5-2)12-9-13-20-18(22)15(3)21-19(23)26-14-16-10-7-6-8-11-16/h6-8,10-11,15,17H,4-5,9,12-14H2,1-3H3,(H,20,22)(H,21,23)/t15-/m0/s1. The maximum Gasteiger partial charge on any atom is 0.408 e. The molecule has 0 heterocycles. The first-order valence-corrected chi connectivity index (χ1v) is 9.04. The second-order valence-corrected chi connectivity index (χ2v) is 5.70. The van der Waals surface area contributed by atoms with Gasteiger partial charge < -0.3 is 24.8 Å². The average Bonchev–Trinajstić information content (AvgIpc) is 2.64. The number of hydrogen-bond donors (Lipinski definition) is 2. The molecule has 0 bridgehead atoms. The van der Waals surface area contributed by atoms with Gasteiger partial charge in [0, 0.05) is 26.2 Å². The number of carbonyl (C=O) groups excluding carboxylic acids is 2. The molecule has 0 saturated carbocycles. The van der Waals surface area contributed by atoms with Crippen molar-refractivity contribution in [3.8, 4) is 0 Å². The molecule has 0 fully saturated rings. The summed E-state index contributed by atoms with van der Waals surface area (Å²) in [6.45, 7) is 7.27. The number of ether oxygens (including phenoxy) is 3. The SMILES string of the molecule is CCOC(CCCNC(=O)[C@H](C)NC(=O)OCc1ccccc1)OCC. The molecular weight excluding hydrogens is 336 g/mol. The predicted octanol–water partition coefficient (Wildman–Crippen LogP) is 2.60. The summed E-state index contributed by atoms with van der Waals surface area (Å²) < 4.78 is 16.0. The summed E-state index contributed by atoms with van der Waals surface area (Å²) in [5.74, 6) is -0.258. The van der Waals surface area contributed by atoms with Crippen LogP contribution in [0.2, 0.25) is 0 Å². The summed E-state index contributed by atoms with van der Waals surface area (Å²) in [6, 6.07) is 8.68. The number of rotatable bonds is 12. The van der Waals surface area contributed by atoms with Crippen molar-refractivity contribution < 1.29 is 23.8 Å². The molecule has 2 amide bonds. The lowest BCUT2D eigenvalue weighted by atomic mass is 10.2. The van der Waals surface area contributed by atoms with Gasteiger partial charge in [0.2, 0.25) is 5.91 Å². The second-order valence-electron chi connectivity index (χ2n) is 5.70. The van der Waals surface area contributed by atoms with Gasteiger partial charge in [-0.25, -0.2) is 4.79 Å². The van der Waals surface area contributed by atoms with Gasteiger partial charge in [-0.05, 0) is 32.8 Å². The highest BCUT2D eigenvalue weighted by atomic mass is 16.7. The molecule has 0 saturated heterocycles. The number of carbonyl (C=O) groups is 2. The second kappa shape index (κ2) is 13.1. The van der Waals surface area contributed by atoms with Crippen molar-refractivity contribution in [2.24, 2.45) is 0 Å². The molecule has 1 rings (SSSR count). The number of amides is 2. The van der Waals surface area contributed by atoms with Gasteiger partial charge in [0.1, 0.15) is 12.6 Å². The van der Waals surface area contributed by atoms with Crippen LogP contribution >= 0.6 is 0 Å². The highest BCUT2D eigenvalue weighted by Gasteiger charge is 2.16. The topological polar surface area (TPSA) is 85.9 Å². The molecule has 146 valence electrons. The summed E-state index contributed by atoms with van der Waals surface area (Å²) in [6.07, 6.45) is 0.555. The van der Waals surface area contributed by atoms with E-state index in [1.54, 1.807) is 6.92 Å². The fourth-order valence-corrected chi connectivity index (χ4v) is 2.23. The Balaban J connectivity index is 2.20. The molecule has 7 nitrogen and oxygen atoms in total. The van der Waals surface area contributed by atoms with E-state index in [4.69, 9.17) is 14.2 Å². The molecule has 0 unspecified atom stereocenters. The zero-order valence-electron chi connectivity index (χ0n) is 15.8. The third-order valence-electron chi connectivity index (χ3n) is 3.56. The van der Waals surface area contributed by atoms with Gasteiger partial charge in [-0.3, -0.25) is 4.79 Å². The molecular formula is C19H30N2O5. The van der Waals surface area contributed by atoms with Gasteiger partial charge in [0.05, 0.1) is 0 Å². The summed E-state index contributed by atoms with van der Waals surface area (Å²) in [5.41, 5.74) is 0.887. The Labute approximate surface area is 155 Å². The Morgan fingerprint density at radius 3 is 2.35 bits per heavy atom. The quantitative estimate of drug-likeness (QED) is 0.439. The fraction of sp³-hybridized carbons (Fsp3) is 0.579. The van der Waals surface area contributed by atoms with Crippen molar-refractivity contribution in [3.05, 3.63) is 35.9 Å². The molecule has 0 aliphatic rings. The van der Waals surface area contributed by atoms with Crippen LogP contribution in [0.5, 0.6) is 0 Å². The van der Waals surface area contributed by atoms with E-state index in [9.17, 15) is 9.59 Å². The fourth-order valence-electron chi connectivity index (χ4n) is 2.23. The molecule has 0 aliphatic carbocycles. The van der Waals surface area contributed by atoms with Crippen LogP contribution in [0.1, 0.15) is 39.2 Å². The average molecular weight is 366 g/mol. The molecule has 1 aromatic carbocycles. The van der Waals surface area contributed by atoms with Gasteiger partial charge in [-0.1, -0.05) is 30.3 Å². The van der Waals surface area contributed by atoms with Crippen LogP contribution in [0.4, 0.5) is 4.79 Å². The number of benzene rings is 1. The molecule has 0 radical (unpaired) electrons. The maximum atomic E-state index is 12.0. The third-order valence-corrected chi connectivity index (χ3v) is 3.56. The van der Waals surface area contributed by atoms with E-state index < -0.39 is 12.1 Å². The van der Waals surface area contributed by atoms with Gasteiger partial charge in [-0.15, -0.1) is 0 Å². The van der Waals surface area contributed by atoms with Crippen LogP contribution in [0.15, 0.2) is 30.3 Å². The van der Waals surface area contributed by atoms with Crippen molar-refractivity contribution in [2.75, 3.05) is 19.8 Å². The normalized spacial score (nSPS) is 11.8. The zero-order valence-corrected chi connectivity index (χ0v) is 15.8. The van der Waals surface area contributed by atoms with Gasteiger partial charge >= 0.3 is 6.09 Å². The molecule has 1 atom stereocenters. The number of alkyl carbamates (subject to hydrolysis) is 1. The third kappa shape index (κ3) is 9.39. The van der Waals surface area contributed by atoms with E-state index in [0.29, 0.717) is 26.2 Å². The van der Waals surface area contributed by atoms with Crippen LogP contribution in [-0.2, 0) is 25.6 Å². The van der Waals surface area contributed by atoms with E-state index in [1.807, 2.05) is 44.2 Å². The largest absolute Gasteiger partial charge is 0.445 e. The minimum Gasteiger partial charge on any atom is -0.445 e. The van der Waals surface area contributed by atoms with Crippen molar-refractivity contribution in [3.63, 3.8) is 0 Å². The van der Waals surface area contributed by atoms with E-state index in [0.717, 1.165) is 12.0 Å². The predicted molar refractivity (Wildman–Crippen MR) is 98.5 cm³/mol. The zero-order chi connectivity index (χ0) is 19.2. The Morgan fingerprint density at radius 1 is 1.08 bits per heavy atom. The van der Waals surface area contributed by atoms with E-state index in [2.05, 4.69) is 10.6 Å². The molecule has 7 heteroatoms. The lowest BCUT2D eigenvalue weighted by Crippen LogP contribution is -2.45. The number of nitrogens with one attached hydrogen (secondary N) is 2. The smallest absolute Gasteiger partial charge is 0.408 e. The van der Waals surface area contributed by atoms with Crippen LogP contribution in [0, 0.1) is 0 Å². The summed E-state index contributed by atoms with van der Waals surface area (Å²) in [5, 5.41) is 5.30. The summed E-state index contributed by atoms with van der Waals surface area (Å²) in [7, 11) is 0. The molecule has 26 heavy (non-hydrogen) atoms. The number of hydrogen-bond acceptors (Lipinski definition) is 5.